The lowest BCUT2D eigenvalue weighted by atomic mass is 9.46. The smallest absolute Gasteiger partial charge is 0.348 e. The summed E-state index contributed by atoms with van der Waals surface area (Å²) in [4.78, 5) is 37.9. The van der Waals surface area contributed by atoms with Crippen molar-refractivity contribution in [2.24, 2.45) is 28.6 Å². The van der Waals surface area contributed by atoms with Gasteiger partial charge in [0.15, 0.2) is 5.78 Å². The van der Waals surface area contributed by atoms with Crippen molar-refractivity contribution in [2.75, 3.05) is 0 Å². The Morgan fingerprint density at radius 1 is 1.06 bits per heavy atom. The van der Waals surface area contributed by atoms with Crippen LogP contribution in [0.1, 0.15) is 75.6 Å². The Morgan fingerprint density at radius 2 is 1.82 bits per heavy atom. The lowest BCUT2D eigenvalue weighted by Crippen LogP contribution is -2.59. The minimum Gasteiger partial charge on any atom is -0.478 e. The van der Waals surface area contributed by atoms with Crippen molar-refractivity contribution in [3.63, 3.8) is 0 Å². The number of ether oxygens (including phenoxy) is 1. The summed E-state index contributed by atoms with van der Waals surface area (Å²) in [5, 5.41) is 10.5. The second kappa shape index (κ2) is 7.92. The van der Waals surface area contributed by atoms with E-state index in [1.54, 1.807) is 18.2 Å². The maximum absolute atomic E-state index is 13.1. The molecule has 3 saturated carbocycles. The SMILES string of the molecule is C[C@]12CCC(=O)C=C1CC[C@@H]1[C@H]2CC[C@@]2(C)[C@H]1CCC2(OC(=O)c1cccc(I)c1)C(=O)O. The number of carboxylic acid groups (broad SMARTS) is 1. The van der Waals surface area contributed by atoms with E-state index in [4.69, 9.17) is 4.74 Å². The average Bonchev–Trinajstić information content (AvgIpc) is 3.07. The summed E-state index contributed by atoms with van der Waals surface area (Å²) in [6, 6.07) is 7.11. The Hall–Kier alpha value is -1.70. The molecule has 0 bridgehead atoms. The van der Waals surface area contributed by atoms with Crippen LogP contribution >= 0.6 is 22.6 Å². The van der Waals surface area contributed by atoms with Crippen molar-refractivity contribution in [1.29, 1.82) is 0 Å². The van der Waals surface area contributed by atoms with Gasteiger partial charge in [-0.15, -0.1) is 0 Å². The van der Waals surface area contributed by atoms with Gasteiger partial charge in [-0.1, -0.05) is 25.5 Å². The molecule has 0 amide bonds. The number of carbonyl (C=O) groups excluding carboxylic acids is 2. The van der Waals surface area contributed by atoms with Crippen LogP contribution in [0.3, 0.4) is 0 Å². The van der Waals surface area contributed by atoms with Gasteiger partial charge >= 0.3 is 11.9 Å². The molecule has 0 spiro atoms. The summed E-state index contributed by atoms with van der Waals surface area (Å²) in [7, 11) is 0. The Morgan fingerprint density at radius 3 is 2.55 bits per heavy atom. The van der Waals surface area contributed by atoms with Crippen molar-refractivity contribution in [1.82, 2.24) is 0 Å². The van der Waals surface area contributed by atoms with E-state index in [9.17, 15) is 19.5 Å². The molecule has 1 aromatic rings. The molecular weight excluding hydrogens is 531 g/mol. The molecule has 176 valence electrons. The molecule has 4 aliphatic carbocycles. The number of carboxylic acids is 1. The highest BCUT2D eigenvalue weighted by molar-refractivity contribution is 14.1. The van der Waals surface area contributed by atoms with Gasteiger partial charge in [-0.3, -0.25) is 4.79 Å². The summed E-state index contributed by atoms with van der Waals surface area (Å²) < 4.78 is 6.91. The van der Waals surface area contributed by atoms with Crippen molar-refractivity contribution in [3.8, 4) is 0 Å². The van der Waals surface area contributed by atoms with Gasteiger partial charge in [0, 0.05) is 15.4 Å². The van der Waals surface area contributed by atoms with Crippen LogP contribution in [-0.2, 0) is 14.3 Å². The standard InChI is InChI=1S/C27H31IO5/c1-25-11-8-19(29)15-17(25)6-7-20-21(25)9-12-26(2)22(20)10-13-27(26,24(31)32)33-23(30)16-4-3-5-18(28)14-16/h3-5,14-15,20-22H,6-13H2,1-2H3,(H,31,32)/t20-,21-,22+,25+,26+,27?/m1/s1. The quantitative estimate of drug-likeness (QED) is 0.372. The zero-order valence-electron chi connectivity index (χ0n) is 19.2. The number of allylic oxidation sites excluding steroid dienone is 1. The molecule has 1 unspecified atom stereocenters. The predicted molar refractivity (Wildman–Crippen MR) is 132 cm³/mol. The van der Waals surface area contributed by atoms with Gasteiger partial charge in [0.2, 0.25) is 5.60 Å². The molecule has 6 heteroatoms. The Labute approximate surface area is 208 Å². The third kappa shape index (κ3) is 3.34. The number of halogens is 1. The third-order valence-corrected chi connectivity index (χ3v) is 10.4. The fourth-order valence-corrected chi connectivity index (χ4v) is 8.50. The van der Waals surface area contributed by atoms with E-state index >= 15 is 0 Å². The summed E-state index contributed by atoms with van der Waals surface area (Å²) in [6.45, 7) is 4.37. The monoisotopic (exact) mass is 562 g/mol. The van der Waals surface area contributed by atoms with Gasteiger partial charge in [0.25, 0.3) is 0 Å². The molecule has 5 nitrogen and oxygen atoms in total. The number of aliphatic carboxylic acids is 1. The fourth-order valence-electron chi connectivity index (χ4n) is 7.95. The highest BCUT2D eigenvalue weighted by Gasteiger charge is 2.69. The Kier molecular flexibility index (Phi) is 5.54. The molecule has 1 N–H and O–H groups in total. The van der Waals surface area contributed by atoms with E-state index < -0.39 is 23.0 Å². The molecular formula is C27H31IO5. The maximum Gasteiger partial charge on any atom is 0.348 e. The zero-order chi connectivity index (χ0) is 23.6. The maximum atomic E-state index is 13.1. The molecule has 0 heterocycles. The van der Waals surface area contributed by atoms with E-state index in [0.29, 0.717) is 30.2 Å². The molecule has 3 fully saturated rings. The van der Waals surface area contributed by atoms with Crippen molar-refractivity contribution in [3.05, 3.63) is 45.0 Å². The fraction of sp³-hybridized carbons (Fsp3) is 0.593. The van der Waals surface area contributed by atoms with Crippen LogP contribution in [0.15, 0.2) is 35.9 Å². The van der Waals surface area contributed by atoms with Crippen molar-refractivity contribution < 1.29 is 24.2 Å². The van der Waals surface area contributed by atoms with Gasteiger partial charge in [0.1, 0.15) is 0 Å². The van der Waals surface area contributed by atoms with E-state index in [-0.39, 0.29) is 17.1 Å². The van der Waals surface area contributed by atoms with Gasteiger partial charge in [-0.25, -0.2) is 9.59 Å². The van der Waals surface area contributed by atoms with Crippen LogP contribution in [0.4, 0.5) is 0 Å². The molecule has 4 aliphatic rings. The van der Waals surface area contributed by atoms with Crippen LogP contribution in [0.2, 0.25) is 0 Å². The molecule has 1 aromatic carbocycles. The molecule has 0 saturated heterocycles. The van der Waals surface area contributed by atoms with Crippen LogP contribution in [-0.4, -0.2) is 28.4 Å². The number of fused-ring (bicyclic) bond motifs is 5. The second-order valence-electron chi connectivity index (χ2n) is 11.0. The first kappa shape index (κ1) is 23.1. The van der Waals surface area contributed by atoms with E-state index in [1.165, 1.54) is 5.57 Å². The molecule has 6 atom stereocenters. The Bertz CT molecular complexity index is 1060. The van der Waals surface area contributed by atoms with Crippen LogP contribution < -0.4 is 0 Å². The number of carbonyl (C=O) groups is 3. The summed E-state index contributed by atoms with van der Waals surface area (Å²) in [5.41, 5.74) is -0.365. The third-order valence-electron chi connectivity index (χ3n) is 9.75. The summed E-state index contributed by atoms with van der Waals surface area (Å²) in [5.74, 6) is -0.263. The van der Waals surface area contributed by atoms with Gasteiger partial charge in [-0.2, -0.15) is 0 Å². The van der Waals surface area contributed by atoms with E-state index in [2.05, 4.69) is 36.4 Å². The summed E-state index contributed by atoms with van der Waals surface area (Å²) >= 11 is 2.14. The normalized spacial score (nSPS) is 39.7. The van der Waals surface area contributed by atoms with Crippen LogP contribution in [0.25, 0.3) is 0 Å². The Balaban J connectivity index is 1.47. The van der Waals surface area contributed by atoms with Gasteiger partial charge in [0.05, 0.1) is 5.56 Å². The topological polar surface area (TPSA) is 80.7 Å². The highest BCUT2D eigenvalue weighted by Crippen LogP contribution is 2.68. The second-order valence-corrected chi connectivity index (χ2v) is 12.2. The summed E-state index contributed by atoms with van der Waals surface area (Å²) in [6.07, 6.45) is 8.06. The number of rotatable bonds is 3. The van der Waals surface area contributed by atoms with Crippen molar-refractivity contribution in [2.45, 2.75) is 70.8 Å². The van der Waals surface area contributed by atoms with E-state index in [1.807, 2.05) is 12.1 Å². The molecule has 5 rings (SSSR count). The lowest BCUT2D eigenvalue weighted by Gasteiger charge is -2.58. The van der Waals surface area contributed by atoms with Crippen molar-refractivity contribution >= 4 is 40.3 Å². The highest BCUT2D eigenvalue weighted by atomic mass is 127. The number of ketones is 1. The zero-order valence-corrected chi connectivity index (χ0v) is 21.4. The first-order chi connectivity index (χ1) is 15.6. The first-order valence-corrected chi connectivity index (χ1v) is 13.1. The molecule has 0 aliphatic heterocycles. The molecule has 33 heavy (non-hydrogen) atoms. The molecule has 0 radical (unpaired) electrons. The molecule has 0 aromatic heterocycles. The average molecular weight is 562 g/mol. The number of hydrogen-bond acceptors (Lipinski definition) is 4. The minimum absolute atomic E-state index is 0.0318. The van der Waals surface area contributed by atoms with Crippen LogP contribution in [0, 0.1) is 32.2 Å². The van der Waals surface area contributed by atoms with E-state index in [0.717, 1.165) is 42.1 Å². The minimum atomic E-state index is -1.50. The number of benzene rings is 1. The first-order valence-electron chi connectivity index (χ1n) is 12.1. The lowest BCUT2D eigenvalue weighted by molar-refractivity contribution is -0.182. The number of esters is 1. The van der Waals surface area contributed by atoms with Gasteiger partial charge in [-0.05, 0) is 115 Å². The number of hydrogen-bond donors (Lipinski definition) is 1. The largest absolute Gasteiger partial charge is 0.478 e. The predicted octanol–water partition coefficient (Wildman–Crippen LogP) is 5.80. The van der Waals surface area contributed by atoms with Gasteiger partial charge < -0.3 is 9.84 Å². The van der Waals surface area contributed by atoms with Crippen LogP contribution in [0.5, 0.6) is 0 Å².